The summed E-state index contributed by atoms with van der Waals surface area (Å²) in [4.78, 5) is 11.3. The molecule has 4 heteroatoms. The molecule has 0 amide bonds. The van der Waals surface area contributed by atoms with Crippen molar-refractivity contribution in [2.45, 2.75) is 19.8 Å². The van der Waals surface area contributed by atoms with Crippen molar-refractivity contribution in [3.05, 3.63) is 29.8 Å². The molecule has 0 atom stereocenters. The van der Waals surface area contributed by atoms with Crippen molar-refractivity contribution in [1.82, 2.24) is 0 Å². The third-order valence-corrected chi connectivity index (χ3v) is 1.83. The SMILES string of the molecule is CCCCOC(=O)c1ccc(O)cc1.[Zn]. The molecule has 0 saturated heterocycles. The van der Waals surface area contributed by atoms with E-state index < -0.39 is 0 Å². The first-order valence-corrected chi connectivity index (χ1v) is 4.70. The summed E-state index contributed by atoms with van der Waals surface area (Å²) in [5.74, 6) is -0.187. The fraction of sp³-hybridized carbons (Fsp3) is 0.364. The van der Waals surface area contributed by atoms with Crippen molar-refractivity contribution in [3.63, 3.8) is 0 Å². The largest absolute Gasteiger partial charge is 0.508 e. The van der Waals surface area contributed by atoms with Gasteiger partial charge in [-0.2, -0.15) is 0 Å². The maximum absolute atomic E-state index is 11.3. The summed E-state index contributed by atoms with van der Waals surface area (Å²) >= 11 is 0. The number of aromatic hydroxyl groups is 1. The minimum atomic E-state index is -0.335. The fourth-order valence-electron chi connectivity index (χ4n) is 0.990. The molecule has 0 fully saturated rings. The second-order valence-corrected chi connectivity index (χ2v) is 3.04. The third-order valence-electron chi connectivity index (χ3n) is 1.83. The monoisotopic (exact) mass is 258 g/mol. The molecule has 1 aromatic rings. The number of carbonyl (C=O) groups excluding carboxylic acids is 1. The Balaban J connectivity index is 0.00000196. The van der Waals surface area contributed by atoms with Crippen molar-refractivity contribution >= 4 is 5.97 Å². The number of esters is 1. The van der Waals surface area contributed by atoms with Crippen molar-refractivity contribution in [2.24, 2.45) is 0 Å². The Morgan fingerprint density at radius 1 is 1.33 bits per heavy atom. The molecule has 0 bridgehead atoms. The van der Waals surface area contributed by atoms with Crippen molar-refractivity contribution < 1.29 is 34.1 Å². The molecule has 0 aliphatic carbocycles. The molecule has 0 radical (unpaired) electrons. The number of hydrogen-bond donors (Lipinski definition) is 1. The number of benzene rings is 1. The molecule has 0 spiro atoms. The summed E-state index contributed by atoms with van der Waals surface area (Å²) in [5.41, 5.74) is 0.471. The third kappa shape index (κ3) is 4.94. The number of phenols is 1. The normalized spacial score (nSPS) is 9.13. The van der Waals surface area contributed by atoms with Crippen LogP contribution in [0.1, 0.15) is 30.1 Å². The van der Waals surface area contributed by atoms with Gasteiger partial charge in [0.15, 0.2) is 0 Å². The summed E-state index contributed by atoms with van der Waals surface area (Å²) in [7, 11) is 0. The molecule has 0 heterocycles. The molecule has 0 aliphatic heterocycles. The van der Waals surface area contributed by atoms with Gasteiger partial charge in [-0.05, 0) is 30.7 Å². The number of rotatable bonds is 4. The number of carbonyl (C=O) groups is 1. The fourth-order valence-corrected chi connectivity index (χ4v) is 0.990. The Labute approximate surface area is 102 Å². The first-order chi connectivity index (χ1) is 6.74. The van der Waals surface area contributed by atoms with Gasteiger partial charge in [0.1, 0.15) is 5.75 Å². The molecule has 3 nitrogen and oxygen atoms in total. The van der Waals surface area contributed by atoms with Gasteiger partial charge in [0.05, 0.1) is 12.2 Å². The number of unbranched alkanes of at least 4 members (excludes halogenated alkanes) is 1. The molecule has 1 rings (SSSR count). The van der Waals surface area contributed by atoms with E-state index >= 15 is 0 Å². The van der Waals surface area contributed by atoms with E-state index in [0.717, 1.165) is 12.8 Å². The van der Waals surface area contributed by atoms with E-state index in [4.69, 9.17) is 9.84 Å². The predicted octanol–water partition coefficient (Wildman–Crippen LogP) is 2.35. The Kier molecular flexibility index (Phi) is 6.97. The van der Waals surface area contributed by atoms with Crippen molar-refractivity contribution in [2.75, 3.05) is 6.61 Å². The molecular formula is C11H14O3Zn. The second kappa shape index (κ2) is 7.41. The van der Waals surface area contributed by atoms with Crippen LogP contribution in [0.25, 0.3) is 0 Å². The van der Waals surface area contributed by atoms with E-state index in [9.17, 15) is 4.79 Å². The average molecular weight is 260 g/mol. The van der Waals surface area contributed by atoms with Gasteiger partial charge in [0.25, 0.3) is 0 Å². The average Bonchev–Trinajstić information content (AvgIpc) is 2.19. The summed E-state index contributed by atoms with van der Waals surface area (Å²) in [5, 5.41) is 9.00. The van der Waals surface area contributed by atoms with E-state index in [0.29, 0.717) is 12.2 Å². The van der Waals surface area contributed by atoms with Gasteiger partial charge in [-0.3, -0.25) is 0 Å². The predicted molar refractivity (Wildman–Crippen MR) is 53.3 cm³/mol. The summed E-state index contributed by atoms with van der Waals surface area (Å²) < 4.78 is 4.99. The molecular weight excluding hydrogens is 246 g/mol. The van der Waals surface area contributed by atoms with Gasteiger partial charge >= 0.3 is 5.97 Å². The van der Waals surface area contributed by atoms with Crippen LogP contribution in [0.3, 0.4) is 0 Å². The summed E-state index contributed by atoms with van der Waals surface area (Å²) in [6.07, 6.45) is 1.88. The Bertz CT molecular complexity index is 295. The van der Waals surface area contributed by atoms with Crippen LogP contribution < -0.4 is 0 Å². The molecule has 1 N–H and O–H groups in total. The van der Waals surface area contributed by atoms with Crippen molar-refractivity contribution in [1.29, 1.82) is 0 Å². The number of ether oxygens (including phenoxy) is 1. The first kappa shape index (κ1) is 14.1. The van der Waals surface area contributed by atoms with E-state index in [1.165, 1.54) is 12.1 Å². The Morgan fingerprint density at radius 2 is 1.93 bits per heavy atom. The van der Waals surface area contributed by atoms with Crippen LogP contribution in [0.4, 0.5) is 0 Å². The van der Waals surface area contributed by atoms with Crippen LogP contribution >= 0.6 is 0 Å². The van der Waals surface area contributed by atoms with Gasteiger partial charge in [0.2, 0.25) is 0 Å². The zero-order valence-corrected chi connectivity index (χ0v) is 11.9. The number of phenolic OH excluding ortho intramolecular Hbond substituents is 1. The Hall–Kier alpha value is -0.887. The smallest absolute Gasteiger partial charge is 0.338 e. The van der Waals surface area contributed by atoms with Gasteiger partial charge in [-0.1, -0.05) is 13.3 Å². The van der Waals surface area contributed by atoms with Gasteiger partial charge in [0, 0.05) is 19.5 Å². The zero-order valence-electron chi connectivity index (χ0n) is 8.90. The van der Waals surface area contributed by atoms with Crippen LogP contribution in [-0.4, -0.2) is 17.7 Å². The molecule has 0 unspecified atom stereocenters. The van der Waals surface area contributed by atoms with Crippen molar-refractivity contribution in [3.8, 4) is 5.75 Å². The quantitative estimate of drug-likeness (QED) is 0.513. The minimum absolute atomic E-state index is 0. The van der Waals surface area contributed by atoms with Crippen LogP contribution in [0, 0.1) is 0 Å². The van der Waals surface area contributed by atoms with E-state index in [2.05, 4.69) is 0 Å². The first-order valence-electron chi connectivity index (χ1n) is 4.70. The summed E-state index contributed by atoms with van der Waals surface area (Å²) in [6.45, 7) is 2.49. The Morgan fingerprint density at radius 3 is 2.47 bits per heavy atom. The maximum Gasteiger partial charge on any atom is 0.338 e. The molecule has 15 heavy (non-hydrogen) atoms. The van der Waals surface area contributed by atoms with Gasteiger partial charge < -0.3 is 9.84 Å². The van der Waals surface area contributed by atoms with Gasteiger partial charge in [-0.25, -0.2) is 4.79 Å². The van der Waals surface area contributed by atoms with Gasteiger partial charge in [-0.15, -0.1) is 0 Å². The van der Waals surface area contributed by atoms with E-state index in [1.54, 1.807) is 12.1 Å². The molecule has 0 aromatic heterocycles. The minimum Gasteiger partial charge on any atom is -0.508 e. The topological polar surface area (TPSA) is 46.5 Å². The molecule has 78 valence electrons. The maximum atomic E-state index is 11.3. The molecule has 1 aromatic carbocycles. The van der Waals surface area contributed by atoms with E-state index in [1.807, 2.05) is 6.92 Å². The van der Waals surface area contributed by atoms with Crippen LogP contribution in [0.2, 0.25) is 0 Å². The van der Waals surface area contributed by atoms with Crippen LogP contribution in [-0.2, 0) is 24.2 Å². The summed E-state index contributed by atoms with van der Waals surface area (Å²) in [6, 6.07) is 6.03. The van der Waals surface area contributed by atoms with Crippen LogP contribution in [0.5, 0.6) is 5.75 Å². The van der Waals surface area contributed by atoms with Crippen LogP contribution in [0.15, 0.2) is 24.3 Å². The van der Waals surface area contributed by atoms with E-state index in [-0.39, 0.29) is 31.2 Å². The molecule has 0 saturated carbocycles. The number of hydrogen-bond acceptors (Lipinski definition) is 3. The second-order valence-electron chi connectivity index (χ2n) is 3.04. The molecule has 0 aliphatic rings. The standard InChI is InChI=1S/C11H14O3.Zn/c1-2-3-8-14-11(13)9-4-6-10(12)7-5-9;/h4-7,12H,2-3,8H2,1H3;. The zero-order chi connectivity index (χ0) is 10.4.